The quantitative estimate of drug-likeness (QED) is 0.0942. The molecule has 2 bridgehead atoms. The van der Waals surface area contributed by atoms with Gasteiger partial charge in [-0.15, -0.1) is 13.2 Å². The van der Waals surface area contributed by atoms with Crippen LogP contribution in [0.1, 0.15) is 57.1 Å². The average Bonchev–Trinajstić information content (AvgIpc) is 3.73. The number of hydrogen-bond donors (Lipinski definition) is 2. The molecule has 5 rings (SSSR count). The largest absolute Gasteiger partial charge is 0.455 e. The van der Waals surface area contributed by atoms with E-state index in [1.165, 1.54) is 0 Å². The van der Waals surface area contributed by atoms with Crippen LogP contribution in [0.25, 0.3) is 0 Å². The summed E-state index contributed by atoms with van der Waals surface area (Å²) in [4.78, 5) is 61.8. The number of esters is 1. The minimum Gasteiger partial charge on any atom is -0.455 e. The lowest BCUT2D eigenvalue weighted by atomic mass is 9.70. The van der Waals surface area contributed by atoms with Crippen LogP contribution in [0, 0.1) is 11.8 Å². The molecule has 0 aromatic heterocycles. The Morgan fingerprint density at radius 2 is 1.88 bits per heavy atom. The fourth-order valence-electron chi connectivity index (χ4n) is 8.14. The summed E-state index contributed by atoms with van der Waals surface area (Å²) in [5.74, 6) is -3.21. The van der Waals surface area contributed by atoms with E-state index in [-0.39, 0.29) is 35.6 Å². The molecule has 51 heavy (non-hydrogen) atoms. The SMILES string of the molecule is C=CCCC(=O)N[C@@H](C)[C@H](OC(=O)[C@H]1[C@@H]2O[C@@]3(CC2Br)[C@@H]1C(=O)N(CCCCCO)[C@@H]3C(=O)N(CC=C)CCN1CCOCC1)c1ccccc1. The predicted octanol–water partition coefficient (Wildman–Crippen LogP) is 3.00. The summed E-state index contributed by atoms with van der Waals surface area (Å²) in [6.45, 7) is 14.0. The summed E-state index contributed by atoms with van der Waals surface area (Å²) in [7, 11) is 0. The van der Waals surface area contributed by atoms with Crippen molar-refractivity contribution in [1.82, 2.24) is 20.0 Å². The first-order valence-corrected chi connectivity index (χ1v) is 19.2. The predicted molar refractivity (Wildman–Crippen MR) is 195 cm³/mol. The third kappa shape index (κ3) is 8.59. The van der Waals surface area contributed by atoms with E-state index in [0.717, 1.165) is 13.1 Å². The number of ether oxygens (including phenoxy) is 3. The number of aliphatic hydroxyl groups excluding tert-OH is 1. The number of nitrogens with one attached hydrogen (secondary N) is 1. The standard InChI is InChI=1S/C38H53BrN4O8/c1-4-6-15-29(45)40-26(3)32(27-13-9-7-10-14-27)50-37(48)30-31-35(46)43(17-11-8-12-22-44)34(38(31)25-28(39)33(30)51-38)36(47)42(16-5-2)19-18-41-20-23-49-24-21-41/h4-5,7,9-10,13-14,26,28,30-34,44H,1-2,6,8,11-12,15-25H2,3H3,(H,40,45)/t26-,28?,30+,31-,32-,33+,34+,38-/m0/s1. The lowest BCUT2D eigenvalue weighted by molar-refractivity contribution is -0.162. The summed E-state index contributed by atoms with van der Waals surface area (Å²) >= 11 is 3.76. The number of carbonyl (C=O) groups is 4. The molecule has 4 saturated heterocycles. The van der Waals surface area contributed by atoms with Gasteiger partial charge in [-0.05, 0) is 44.6 Å². The number of likely N-dealkylation sites (tertiary alicyclic amines) is 1. The molecular weight excluding hydrogens is 720 g/mol. The van der Waals surface area contributed by atoms with E-state index in [0.29, 0.717) is 77.1 Å². The number of carbonyl (C=O) groups excluding carboxylic acids is 4. The maximum absolute atomic E-state index is 14.7. The number of hydrogen-bond acceptors (Lipinski definition) is 9. The molecule has 4 aliphatic heterocycles. The van der Waals surface area contributed by atoms with E-state index in [9.17, 15) is 24.3 Å². The highest BCUT2D eigenvalue weighted by Gasteiger charge is 2.77. The first kappa shape index (κ1) is 39.1. The first-order chi connectivity index (χ1) is 24.7. The number of nitrogens with zero attached hydrogens (tertiary/aromatic N) is 3. The fourth-order valence-corrected chi connectivity index (χ4v) is 9.08. The van der Waals surface area contributed by atoms with Crippen molar-refractivity contribution in [2.45, 2.75) is 80.2 Å². The number of allylic oxidation sites excluding steroid dienone is 1. The molecule has 4 aliphatic rings. The van der Waals surface area contributed by atoms with E-state index in [1.807, 2.05) is 30.3 Å². The number of unbranched alkanes of at least 4 members (excludes halogenated alkanes) is 2. The lowest BCUT2D eigenvalue weighted by Gasteiger charge is -2.38. The zero-order chi connectivity index (χ0) is 36.5. The van der Waals surface area contributed by atoms with Gasteiger partial charge in [0.05, 0.1) is 37.2 Å². The molecule has 1 aromatic rings. The molecule has 1 aromatic carbocycles. The highest BCUT2D eigenvalue weighted by Crippen LogP contribution is 2.60. The van der Waals surface area contributed by atoms with Crippen LogP contribution in [0.4, 0.5) is 0 Å². The number of fused-ring (bicyclic) bond motifs is 1. The molecule has 12 nitrogen and oxygen atoms in total. The van der Waals surface area contributed by atoms with Crippen molar-refractivity contribution in [3.63, 3.8) is 0 Å². The maximum Gasteiger partial charge on any atom is 0.313 e. The Kier molecular flexibility index (Phi) is 13.9. The van der Waals surface area contributed by atoms with Crippen LogP contribution in [0.3, 0.4) is 0 Å². The zero-order valence-electron chi connectivity index (χ0n) is 29.6. The highest BCUT2D eigenvalue weighted by molar-refractivity contribution is 9.09. The van der Waals surface area contributed by atoms with Gasteiger partial charge < -0.3 is 34.4 Å². The molecule has 3 amide bonds. The minimum absolute atomic E-state index is 0.0389. The van der Waals surface area contributed by atoms with E-state index in [4.69, 9.17) is 14.2 Å². The van der Waals surface area contributed by atoms with Gasteiger partial charge in [-0.1, -0.05) is 58.4 Å². The topological polar surface area (TPSA) is 138 Å². The van der Waals surface area contributed by atoms with E-state index >= 15 is 0 Å². The Morgan fingerprint density at radius 3 is 2.57 bits per heavy atom. The highest BCUT2D eigenvalue weighted by atomic mass is 79.9. The van der Waals surface area contributed by atoms with E-state index in [1.54, 1.807) is 28.9 Å². The molecular formula is C38H53BrN4O8. The monoisotopic (exact) mass is 772 g/mol. The van der Waals surface area contributed by atoms with Gasteiger partial charge in [0.25, 0.3) is 0 Å². The molecule has 280 valence electrons. The third-order valence-corrected chi connectivity index (χ3v) is 11.4. The van der Waals surface area contributed by atoms with Gasteiger partial charge in [-0.2, -0.15) is 0 Å². The Labute approximate surface area is 309 Å². The number of aliphatic hydroxyl groups is 1. The summed E-state index contributed by atoms with van der Waals surface area (Å²) in [6, 6.07) is 7.70. The zero-order valence-corrected chi connectivity index (χ0v) is 31.2. The average molecular weight is 774 g/mol. The summed E-state index contributed by atoms with van der Waals surface area (Å²) < 4.78 is 18.5. The lowest BCUT2D eigenvalue weighted by Crippen LogP contribution is -2.57. The molecule has 8 atom stereocenters. The van der Waals surface area contributed by atoms with Gasteiger partial charge in [0.1, 0.15) is 17.7 Å². The first-order valence-electron chi connectivity index (χ1n) is 18.3. The van der Waals surface area contributed by atoms with Crippen LogP contribution in [0.5, 0.6) is 0 Å². The summed E-state index contributed by atoms with van der Waals surface area (Å²) in [5.41, 5.74) is -0.535. The number of amides is 3. The Bertz CT molecular complexity index is 1390. The van der Waals surface area contributed by atoms with Gasteiger partial charge in [-0.3, -0.25) is 24.1 Å². The molecule has 2 N–H and O–H groups in total. The number of alkyl halides is 1. The Hall–Kier alpha value is -3.10. The fraction of sp³-hybridized carbons (Fsp3) is 0.632. The molecule has 13 heteroatoms. The van der Waals surface area contributed by atoms with Crippen molar-refractivity contribution in [3.8, 4) is 0 Å². The smallest absolute Gasteiger partial charge is 0.313 e. The van der Waals surface area contributed by atoms with Crippen molar-refractivity contribution < 1.29 is 38.5 Å². The number of morpholine rings is 1. The Morgan fingerprint density at radius 1 is 1.14 bits per heavy atom. The third-order valence-electron chi connectivity index (χ3n) is 10.6. The number of benzene rings is 1. The number of halogens is 1. The molecule has 1 spiro atoms. The minimum atomic E-state index is -1.24. The van der Waals surface area contributed by atoms with Crippen LogP contribution < -0.4 is 5.32 Å². The van der Waals surface area contributed by atoms with Crippen molar-refractivity contribution >= 4 is 39.6 Å². The normalized spacial score (nSPS) is 28.2. The number of rotatable bonds is 19. The van der Waals surface area contributed by atoms with Gasteiger partial charge in [0, 0.05) is 57.1 Å². The van der Waals surface area contributed by atoms with Crippen LogP contribution >= 0.6 is 15.9 Å². The van der Waals surface area contributed by atoms with Gasteiger partial charge >= 0.3 is 5.97 Å². The summed E-state index contributed by atoms with van der Waals surface area (Å²) in [5, 5.41) is 12.4. The van der Waals surface area contributed by atoms with E-state index in [2.05, 4.69) is 39.3 Å². The van der Waals surface area contributed by atoms with Crippen LogP contribution in [-0.4, -0.2) is 131 Å². The Balaban J connectivity index is 1.43. The van der Waals surface area contributed by atoms with Crippen molar-refractivity contribution in [2.24, 2.45) is 11.8 Å². The maximum atomic E-state index is 14.7. The second-order valence-corrected chi connectivity index (χ2v) is 15.1. The molecule has 4 heterocycles. The second-order valence-electron chi connectivity index (χ2n) is 14.0. The van der Waals surface area contributed by atoms with Gasteiger partial charge in [0.2, 0.25) is 17.7 Å². The van der Waals surface area contributed by atoms with Crippen molar-refractivity contribution in [3.05, 3.63) is 61.2 Å². The second kappa shape index (κ2) is 18.1. The van der Waals surface area contributed by atoms with Crippen molar-refractivity contribution in [2.75, 3.05) is 59.1 Å². The van der Waals surface area contributed by atoms with Gasteiger partial charge in [-0.25, -0.2) is 0 Å². The molecule has 4 fully saturated rings. The molecule has 0 aliphatic carbocycles. The van der Waals surface area contributed by atoms with Gasteiger partial charge in [0.15, 0.2) is 0 Å². The molecule has 0 radical (unpaired) electrons. The van der Waals surface area contributed by atoms with E-state index < -0.39 is 47.7 Å². The summed E-state index contributed by atoms with van der Waals surface area (Å²) in [6.07, 6.45) is 4.84. The van der Waals surface area contributed by atoms with Crippen LogP contribution in [0.2, 0.25) is 0 Å². The van der Waals surface area contributed by atoms with Crippen LogP contribution in [-0.2, 0) is 33.4 Å². The molecule has 1 unspecified atom stereocenters. The van der Waals surface area contributed by atoms with Crippen molar-refractivity contribution in [1.29, 1.82) is 0 Å². The van der Waals surface area contributed by atoms with Crippen LogP contribution in [0.15, 0.2) is 55.6 Å². The molecule has 0 saturated carbocycles.